The number of hydrogen-bond acceptors (Lipinski definition) is 4. The molecule has 1 saturated carbocycles. The second-order valence-electron chi connectivity index (χ2n) is 8.27. The standard InChI is InChI=1S/C23H24Cl2N2O4S/c1-14-2-8-18(9-3-14)32(29,30)31-13-15-4-6-17(7-5-15)26-23(28)22-12-19-20(25)10-16(24)11-21(19)27-22/h2-3,8-12,15,17,27H,4-7,13H2,1H3,(H,26,28). The predicted octanol–water partition coefficient (Wildman–Crippen LogP) is 5.48. The Morgan fingerprint density at radius 3 is 2.47 bits per heavy atom. The number of nitrogens with one attached hydrogen (secondary N) is 2. The van der Waals surface area contributed by atoms with Gasteiger partial charge in [-0.2, -0.15) is 8.42 Å². The smallest absolute Gasteiger partial charge is 0.296 e. The van der Waals surface area contributed by atoms with Gasteiger partial charge in [0.25, 0.3) is 16.0 Å². The first-order chi connectivity index (χ1) is 15.2. The van der Waals surface area contributed by atoms with Gasteiger partial charge in [-0.05, 0) is 68.9 Å². The zero-order valence-corrected chi connectivity index (χ0v) is 19.9. The second-order valence-corrected chi connectivity index (χ2v) is 10.7. The van der Waals surface area contributed by atoms with Crippen LogP contribution in [-0.2, 0) is 14.3 Å². The monoisotopic (exact) mass is 494 g/mol. The first-order valence-electron chi connectivity index (χ1n) is 10.5. The van der Waals surface area contributed by atoms with Gasteiger partial charge < -0.3 is 10.3 Å². The minimum Gasteiger partial charge on any atom is -0.350 e. The van der Waals surface area contributed by atoms with Crippen molar-refractivity contribution in [3.05, 3.63) is 63.8 Å². The molecule has 4 rings (SSSR count). The van der Waals surface area contributed by atoms with Gasteiger partial charge in [-0.25, -0.2) is 0 Å². The third kappa shape index (κ3) is 5.29. The number of fused-ring (bicyclic) bond motifs is 1. The maximum atomic E-state index is 12.7. The molecule has 1 aliphatic carbocycles. The molecule has 0 unspecified atom stereocenters. The molecule has 2 aromatic carbocycles. The molecule has 1 amide bonds. The first kappa shape index (κ1) is 23.1. The fourth-order valence-corrected chi connectivity index (χ4v) is 5.50. The minimum absolute atomic E-state index is 0.0259. The quantitative estimate of drug-likeness (QED) is 0.444. The molecular formula is C23H24Cl2N2O4S. The third-order valence-electron chi connectivity index (χ3n) is 5.85. The number of aromatic nitrogens is 1. The molecule has 1 fully saturated rings. The number of carbonyl (C=O) groups is 1. The number of rotatable bonds is 6. The van der Waals surface area contributed by atoms with Crippen LogP contribution in [-0.4, -0.2) is 32.0 Å². The molecule has 6 nitrogen and oxygen atoms in total. The van der Waals surface area contributed by atoms with Crippen molar-refractivity contribution in [1.82, 2.24) is 10.3 Å². The molecule has 0 bridgehead atoms. The number of aryl methyl sites for hydroxylation is 1. The van der Waals surface area contributed by atoms with Gasteiger partial charge in [0, 0.05) is 22.0 Å². The van der Waals surface area contributed by atoms with Gasteiger partial charge >= 0.3 is 0 Å². The van der Waals surface area contributed by atoms with Crippen LogP contribution < -0.4 is 5.32 Å². The number of hydrogen-bond donors (Lipinski definition) is 2. The summed E-state index contributed by atoms with van der Waals surface area (Å²) in [5.74, 6) is -0.0626. The zero-order chi connectivity index (χ0) is 22.9. The Bertz CT molecular complexity index is 1230. The number of carbonyl (C=O) groups excluding carboxylic acids is 1. The van der Waals surface area contributed by atoms with Crippen LogP contribution in [0.15, 0.2) is 47.4 Å². The highest BCUT2D eigenvalue weighted by Crippen LogP contribution is 2.29. The van der Waals surface area contributed by atoms with Crippen LogP contribution in [0.4, 0.5) is 0 Å². The molecule has 0 saturated heterocycles. The van der Waals surface area contributed by atoms with Crippen molar-refractivity contribution in [3.63, 3.8) is 0 Å². The molecule has 0 atom stereocenters. The number of aromatic amines is 1. The van der Waals surface area contributed by atoms with E-state index < -0.39 is 10.1 Å². The topological polar surface area (TPSA) is 88.3 Å². The summed E-state index contributed by atoms with van der Waals surface area (Å²) in [6.07, 6.45) is 3.08. The van der Waals surface area contributed by atoms with Gasteiger partial charge in [-0.1, -0.05) is 40.9 Å². The lowest BCUT2D eigenvalue weighted by atomic mass is 9.86. The van der Waals surface area contributed by atoms with Crippen LogP contribution in [0.2, 0.25) is 10.0 Å². The highest BCUT2D eigenvalue weighted by molar-refractivity contribution is 7.86. The summed E-state index contributed by atoms with van der Waals surface area (Å²) < 4.78 is 30.0. The molecule has 1 heterocycles. The maximum Gasteiger partial charge on any atom is 0.296 e. The summed E-state index contributed by atoms with van der Waals surface area (Å²) in [6, 6.07) is 11.7. The van der Waals surface area contributed by atoms with Crippen molar-refractivity contribution in [1.29, 1.82) is 0 Å². The molecule has 9 heteroatoms. The number of benzene rings is 2. The fraction of sp³-hybridized carbons (Fsp3) is 0.348. The molecule has 3 aromatic rings. The Morgan fingerprint density at radius 1 is 1.09 bits per heavy atom. The van der Waals surface area contributed by atoms with E-state index in [1.54, 1.807) is 42.5 Å². The summed E-state index contributed by atoms with van der Waals surface area (Å²) >= 11 is 12.2. The second kappa shape index (κ2) is 9.43. The molecule has 170 valence electrons. The SMILES string of the molecule is Cc1ccc(S(=O)(=O)OCC2CCC(NC(=O)c3cc4c(Cl)cc(Cl)cc4[nH]3)CC2)cc1. The third-order valence-corrected chi connectivity index (χ3v) is 7.67. The van der Waals surface area contributed by atoms with Crippen molar-refractivity contribution in [2.75, 3.05) is 6.61 Å². The Kier molecular flexibility index (Phi) is 6.81. The van der Waals surface area contributed by atoms with E-state index >= 15 is 0 Å². The van der Waals surface area contributed by atoms with E-state index in [0.29, 0.717) is 21.3 Å². The Hall–Kier alpha value is -2.06. The highest BCUT2D eigenvalue weighted by atomic mass is 35.5. The van der Waals surface area contributed by atoms with Crippen molar-refractivity contribution in [2.24, 2.45) is 5.92 Å². The molecule has 32 heavy (non-hydrogen) atoms. The largest absolute Gasteiger partial charge is 0.350 e. The van der Waals surface area contributed by atoms with E-state index in [9.17, 15) is 13.2 Å². The van der Waals surface area contributed by atoms with Crippen LogP contribution in [0.1, 0.15) is 41.7 Å². The normalized spacial score (nSPS) is 19.2. The van der Waals surface area contributed by atoms with Gasteiger partial charge in [0.1, 0.15) is 5.69 Å². The zero-order valence-electron chi connectivity index (χ0n) is 17.5. The summed E-state index contributed by atoms with van der Waals surface area (Å²) in [4.78, 5) is 15.9. The maximum absolute atomic E-state index is 12.7. The summed E-state index contributed by atoms with van der Waals surface area (Å²) in [6.45, 7) is 2.05. The molecule has 0 spiro atoms. The Labute approximate surface area is 197 Å². The van der Waals surface area contributed by atoms with E-state index in [4.69, 9.17) is 27.4 Å². The lowest BCUT2D eigenvalue weighted by molar-refractivity contribution is 0.0912. The van der Waals surface area contributed by atoms with Crippen molar-refractivity contribution < 1.29 is 17.4 Å². The summed E-state index contributed by atoms with van der Waals surface area (Å²) in [5, 5.41) is 4.79. The van der Waals surface area contributed by atoms with E-state index in [1.807, 2.05) is 6.92 Å². The molecule has 0 aliphatic heterocycles. The number of halogens is 2. The fourth-order valence-electron chi connectivity index (χ4n) is 3.98. The average Bonchev–Trinajstić information content (AvgIpc) is 3.18. The van der Waals surface area contributed by atoms with E-state index in [1.165, 1.54) is 0 Å². The minimum atomic E-state index is -3.76. The van der Waals surface area contributed by atoms with Crippen molar-refractivity contribution in [3.8, 4) is 0 Å². The first-order valence-corrected chi connectivity index (χ1v) is 12.6. The predicted molar refractivity (Wildman–Crippen MR) is 126 cm³/mol. The van der Waals surface area contributed by atoms with Gasteiger partial charge in [0.05, 0.1) is 16.5 Å². The lowest BCUT2D eigenvalue weighted by Gasteiger charge is -2.28. The van der Waals surface area contributed by atoms with E-state index in [-0.39, 0.29) is 29.4 Å². The van der Waals surface area contributed by atoms with E-state index in [0.717, 1.165) is 36.6 Å². The molecule has 0 radical (unpaired) electrons. The van der Waals surface area contributed by atoms with Crippen LogP contribution in [0.3, 0.4) is 0 Å². The van der Waals surface area contributed by atoms with Gasteiger partial charge in [-0.3, -0.25) is 8.98 Å². The van der Waals surface area contributed by atoms with Crippen LogP contribution in [0.5, 0.6) is 0 Å². The summed E-state index contributed by atoms with van der Waals surface area (Å²) in [7, 11) is -3.76. The van der Waals surface area contributed by atoms with Crippen molar-refractivity contribution >= 4 is 50.1 Å². The van der Waals surface area contributed by atoms with Gasteiger partial charge in [-0.15, -0.1) is 0 Å². The van der Waals surface area contributed by atoms with Gasteiger partial charge in [0.2, 0.25) is 0 Å². The van der Waals surface area contributed by atoms with Crippen LogP contribution in [0, 0.1) is 12.8 Å². The molecular weight excluding hydrogens is 471 g/mol. The molecule has 1 aromatic heterocycles. The number of H-pyrrole nitrogens is 1. The number of amides is 1. The Balaban J connectivity index is 1.29. The molecule has 2 N–H and O–H groups in total. The van der Waals surface area contributed by atoms with Crippen molar-refractivity contribution in [2.45, 2.75) is 43.5 Å². The molecule has 1 aliphatic rings. The highest BCUT2D eigenvalue weighted by Gasteiger charge is 2.26. The van der Waals surface area contributed by atoms with Gasteiger partial charge in [0.15, 0.2) is 0 Å². The van der Waals surface area contributed by atoms with Crippen LogP contribution in [0.25, 0.3) is 10.9 Å². The average molecular weight is 495 g/mol. The Morgan fingerprint density at radius 2 is 1.78 bits per heavy atom. The summed E-state index contributed by atoms with van der Waals surface area (Å²) in [5.41, 5.74) is 2.13. The van der Waals surface area contributed by atoms with E-state index in [2.05, 4.69) is 10.3 Å². The van der Waals surface area contributed by atoms with Crippen LogP contribution >= 0.6 is 23.2 Å². The lowest BCUT2D eigenvalue weighted by Crippen LogP contribution is -2.38.